The summed E-state index contributed by atoms with van der Waals surface area (Å²) in [5.74, 6) is 0.0145. The molecule has 0 bridgehead atoms. The first-order chi connectivity index (χ1) is 8.31. The van der Waals surface area contributed by atoms with Gasteiger partial charge in [0, 0.05) is 12.6 Å². The molecule has 1 aromatic rings. The Morgan fingerprint density at radius 3 is 2.22 bits per heavy atom. The summed E-state index contributed by atoms with van der Waals surface area (Å²) in [5, 5.41) is 9.73. The Morgan fingerprint density at radius 1 is 1.33 bits per heavy atom. The van der Waals surface area contributed by atoms with E-state index in [4.69, 9.17) is 5.73 Å². The Kier molecular flexibility index (Phi) is 4.73. The van der Waals surface area contributed by atoms with Crippen LogP contribution in [0.1, 0.15) is 30.5 Å². The molecular weight excluding hydrogens is 228 g/mol. The number of nitrogens with zero attached hydrogens (tertiary/aromatic N) is 1. The maximum Gasteiger partial charge on any atom is 0.231 e. The minimum Gasteiger partial charge on any atom is -0.507 e. The number of hydrogen-bond acceptors (Lipinski definition) is 3. The van der Waals surface area contributed by atoms with E-state index in [1.165, 1.54) is 0 Å². The molecule has 0 aliphatic heterocycles. The molecule has 1 aromatic carbocycles. The van der Waals surface area contributed by atoms with Gasteiger partial charge < -0.3 is 10.8 Å². The number of nitrogens with two attached hydrogens (primary N) is 1. The number of aromatic hydroxyl groups is 1. The first-order valence-corrected chi connectivity index (χ1v) is 6.12. The molecule has 0 heterocycles. The van der Waals surface area contributed by atoms with Crippen LogP contribution in [0.4, 0.5) is 0 Å². The van der Waals surface area contributed by atoms with Crippen LogP contribution in [0.2, 0.25) is 0 Å². The van der Waals surface area contributed by atoms with Crippen LogP contribution in [0.3, 0.4) is 0 Å². The minimum atomic E-state index is -0.323. The van der Waals surface area contributed by atoms with Crippen molar-refractivity contribution in [3.8, 4) is 5.75 Å². The Hall–Kier alpha value is -1.55. The number of benzene rings is 1. The van der Waals surface area contributed by atoms with Crippen molar-refractivity contribution in [3.63, 3.8) is 0 Å². The van der Waals surface area contributed by atoms with Gasteiger partial charge in [-0.2, -0.15) is 0 Å². The maximum absolute atomic E-state index is 11.0. The monoisotopic (exact) mass is 250 g/mol. The molecule has 0 atom stereocenters. The molecule has 0 saturated heterocycles. The van der Waals surface area contributed by atoms with Gasteiger partial charge in [0.2, 0.25) is 5.91 Å². The molecule has 0 saturated carbocycles. The summed E-state index contributed by atoms with van der Waals surface area (Å²) >= 11 is 0. The maximum atomic E-state index is 11.0. The molecule has 18 heavy (non-hydrogen) atoms. The highest BCUT2D eigenvalue weighted by atomic mass is 16.3. The van der Waals surface area contributed by atoms with Crippen molar-refractivity contribution in [1.29, 1.82) is 0 Å². The van der Waals surface area contributed by atoms with Gasteiger partial charge in [-0.1, -0.05) is 12.1 Å². The predicted octanol–water partition coefficient (Wildman–Crippen LogP) is 1.70. The topological polar surface area (TPSA) is 66.6 Å². The van der Waals surface area contributed by atoms with Crippen LogP contribution in [-0.2, 0) is 11.3 Å². The SMILES string of the molecule is Cc1cc(CN(CC(N)=O)C(C)C)cc(C)c1O. The molecule has 0 fully saturated rings. The van der Waals surface area contributed by atoms with Gasteiger partial charge in [-0.05, 0) is 44.4 Å². The fourth-order valence-corrected chi connectivity index (χ4v) is 1.99. The third-order valence-electron chi connectivity index (χ3n) is 3.03. The van der Waals surface area contributed by atoms with Gasteiger partial charge in [-0.15, -0.1) is 0 Å². The predicted molar refractivity (Wildman–Crippen MR) is 72.3 cm³/mol. The second-order valence-corrected chi connectivity index (χ2v) is 5.04. The van der Waals surface area contributed by atoms with Crippen LogP contribution >= 0.6 is 0 Å². The highest BCUT2D eigenvalue weighted by Gasteiger charge is 2.14. The highest BCUT2D eigenvalue weighted by Crippen LogP contribution is 2.23. The summed E-state index contributed by atoms with van der Waals surface area (Å²) in [5.41, 5.74) is 8.04. The summed E-state index contributed by atoms with van der Waals surface area (Å²) in [4.78, 5) is 13.0. The number of rotatable bonds is 5. The van der Waals surface area contributed by atoms with E-state index in [2.05, 4.69) is 0 Å². The number of aryl methyl sites for hydroxylation is 2. The molecular formula is C14H22N2O2. The van der Waals surface area contributed by atoms with Gasteiger partial charge in [0.15, 0.2) is 0 Å². The van der Waals surface area contributed by atoms with Crippen molar-refractivity contribution in [2.75, 3.05) is 6.54 Å². The number of phenols is 1. The van der Waals surface area contributed by atoms with Crippen LogP contribution in [0.5, 0.6) is 5.75 Å². The zero-order valence-corrected chi connectivity index (χ0v) is 11.5. The lowest BCUT2D eigenvalue weighted by atomic mass is 10.0. The molecule has 0 aliphatic rings. The normalized spacial score (nSPS) is 11.2. The number of phenolic OH excluding ortho intramolecular Hbond substituents is 1. The average Bonchev–Trinajstić information content (AvgIpc) is 2.24. The van der Waals surface area contributed by atoms with Crippen LogP contribution in [0.25, 0.3) is 0 Å². The molecule has 4 heteroatoms. The molecule has 0 radical (unpaired) electrons. The van der Waals surface area contributed by atoms with Gasteiger partial charge in [-0.25, -0.2) is 0 Å². The Balaban J connectivity index is 2.90. The van der Waals surface area contributed by atoms with Crippen molar-refractivity contribution >= 4 is 5.91 Å². The van der Waals surface area contributed by atoms with Gasteiger partial charge in [0.25, 0.3) is 0 Å². The first kappa shape index (κ1) is 14.5. The van der Waals surface area contributed by atoms with Crippen molar-refractivity contribution in [2.24, 2.45) is 5.73 Å². The highest BCUT2D eigenvalue weighted by molar-refractivity contribution is 5.75. The van der Waals surface area contributed by atoms with Crippen molar-refractivity contribution in [2.45, 2.75) is 40.3 Å². The van der Waals surface area contributed by atoms with E-state index in [9.17, 15) is 9.90 Å². The zero-order chi connectivity index (χ0) is 13.9. The minimum absolute atomic E-state index is 0.243. The first-order valence-electron chi connectivity index (χ1n) is 6.12. The van der Waals surface area contributed by atoms with Crippen LogP contribution in [0.15, 0.2) is 12.1 Å². The summed E-state index contributed by atoms with van der Waals surface area (Å²) in [6.45, 7) is 8.71. The average molecular weight is 250 g/mol. The van der Waals surface area contributed by atoms with Crippen molar-refractivity contribution in [1.82, 2.24) is 4.90 Å². The standard InChI is InChI=1S/C14H22N2O2/c1-9(2)16(8-13(15)17)7-12-5-10(3)14(18)11(4)6-12/h5-6,9,18H,7-8H2,1-4H3,(H2,15,17). The molecule has 3 N–H and O–H groups in total. The third-order valence-corrected chi connectivity index (χ3v) is 3.03. The lowest BCUT2D eigenvalue weighted by molar-refractivity contribution is -0.119. The van der Waals surface area contributed by atoms with Crippen LogP contribution < -0.4 is 5.73 Å². The quantitative estimate of drug-likeness (QED) is 0.836. The second kappa shape index (κ2) is 5.87. The van der Waals surface area contributed by atoms with E-state index in [-0.39, 0.29) is 18.5 Å². The van der Waals surface area contributed by atoms with Gasteiger partial charge in [0.1, 0.15) is 5.75 Å². The lowest BCUT2D eigenvalue weighted by Gasteiger charge is -2.25. The van der Waals surface area contributed by atoms with E-state index >= 15 is 0 Å². The number of primary amides is 1. The van der Waals surface area contributed by atoms with Crippen molar-refractivity contribution in [3.05, 3.63) is 28.8 Å². The number of amides is 1. The molecule has 0 unspecified atom stereocenters. The second-order valence-electron chi connectivity index (χ2n) is 5.04. The fraction of sp³-hybridized carbons (Fsp3) is 0.500. The summed E-state index contributed by atoms with van der Waals surface area (Å²) in [6.07, 6.45) is 0. The summed E-state index contributed by atoms with van der Waals surface area (Å²) < 4.78 is 0. The molecule has 100 valence electrons. The van der Waals surface area contributed by atoms with Crippen molar-refractivity contribution < 1.29 is 9.90 Å². The molecule has 1 rings (SSSR count). The Labute approximate surface area is 108 Å². The van der Waals surface area contributed by atoms with E-state index in [1.54, 1.807) is 0 Å². The number of carbonyl (C=O) groups excluding carboxylic acids is 1. The van der Waals surface area contributed by atoms with E-state index in [0.717, 1.165) is 16.7 Å². The largest absolute Gasteiger partial charge is 0.507 e. The number of hydrogen-bond donors (Lipinski definition) is 2. The summed E-state index contributed by atoms with van der Waals surface area (Å²) in [6, 6.07) is 4.13. The Morgan fingerprint density at radius 2 is 1.83 bits per heavy atom. The van der Waals surface area contributed by atoms with Gasteiger partial charge >= 0.3 is 0 Å². The fourth-order valence-electron chi connectivity index (χ4n) is 1.99. The smallest absolute Gasteiger partial charge is 0.231 e. The molecule has 4 nitrogen and oxygen atoms in total. The molecule has 1 amide bonds. The molecule has 0 spiro atoms. The van der Waals surface area contributed by atoms with E-state index in [1.807, 2.05) is 44.7 Å². The summed E-state index contributed by atoms with van der Waals surface area (Å²) in [7, 11) is 0. The third kappa shape index (κ3) is 3.74. The number of carbonyl (C=O) groups is 1. The Bertz CT molecular complexity index is 418. The van der Waals surface area contributed by atoms with Crippen LogP contribution in [-0.4, -0.2) is 28.5 Å². The lowest BCUT2D eigenvalue weighted by Crippen LogP contribution is -2.37. The molecule has 0 aliphatic carbocycles. The molecule has 0 aromatic heterocycles. The van der Waals surface area contributed by atoms with E-state index in [0.29, 0.717) is 12.3 Å². The van der Waals surface area contributed by atoms with Gasteiger partial charge in [0.05, 0.1) is 6.54 Å². The zero-order valence-electron chi connectivity index (χ0n) is 11.5. The van der Waals surface area contributed by atoms with Gasteiger partial charge in [-0.3, -0.25) is 9.69 Å². The van der Waals surface area contributed by atoms with Crippen LogP contribution in [0, 0.1) is 13.8 Å². The van der Waals surface area contributed by atoms with E-state index < -0.39 is 0 Å².